The molecule has 0 saturated heterocycles. The topological polar surface area (TPSA) is 181 Å². The summed E-state index contributed by atoms with van der Waals surface area (Å²) >= 11 is 1.74. The van der Waals surface area contributed by atoms with E-state index in [9.17, 15) is 0 Å². The van der Waals surface area contributed by atoms with Crippen molar-refractivity contribution in [1.82, 2.24) is 59.8 Å². The maximum absolute atomic E-state index is 6.50. The minimum atomic E-state index is -0.133. The van der Waals surface area contributed by atoms with Crippen LogP contribution in [0.15, 0.2) is 470 Å². The Kier molecular flexibility index (Phi) is 21.4. The van der Waals surface area contributed by atoms with Gasteiger partial charge in [0.2, 0.25) is 11.8 Å². The minimum absolute atomic E-state index is 0.133. The van der Waals surface area contributed by atoms with Crippen LogP contribution in [0.2, 0.25) is 0 Å². The second-order valence-corrected chi connectivity index (χ2v) is 37.5. The predicted octanol–water partition coefficient (Wildman–Crippen LogP) is 33.1. The molecule has 676 valence electrons. The number of nitrogens with zero attached hydrogens (tertiary/aromatic N) is 12. The van der Waals surface area contributed by atoms with E-state index in [2.05, 4.69) is 287 Å². The highest BCUT2D eigenvalue weighted by Gasteiger charge is 2.36. The first-order valence-corrected chi connectivity index (χ1v) is 48.8. The average Bonchev–Trinajstić information content (AvgIpc) is 1.53. The molecular formula is C129H82N12O2S. The highest BCUT2D eigenvalue weighted by atomic mass is 32.1. The summed E-state index contributed by atoms with van der Waals surface area (Å²) in [5.41, 5.74) is 25.1. The lowest BCUT2D eigenvalue weighted by Gasteiger charge is -2.21. The van der Waals surface area contributed by atoms with Crippen molar-refractivity contribution in [2.24, 2.45) is 0 Å². The third-order valence-electron chi connectivity index (χ3n) is 27.2. The first kappa shape index (κ1) is 85.5. The second kappa shape index (κ2) is 36.1. The molecule has 0 unspecified atom stereocenters. The van der Waals surface area contributed by atoms with Crippen LogP contribution in [0.3, 0.4) is 0 Å². The fourth-order valence-corrected chi connectivity index (χ4v) is 21.1. The fourth-order valence-electron chi connectivity index (χ4n) is 20.0. The number of oxazole rings is 2. The number of rotatable bonds is 14. The van der Waals surface area contributed by atoms with Gasteiger partial charge in [0.25, 0.3) is 0 Å². The SMILES string of the molecule is CC1(C)c2ccccc2-c2ccc(-c3nc(-c4ccccc4)nc(-c4ccc5ccc6ccc7nc(-c8ccccc8)oc7c6c5c4)n3)cc21.c1ccc(-c2cccc(-c3nc(-c4ccccc4)nc(-c4ccc5ccc6ccc7oc(-c8ccccc8)nc7c6c5c4)n3)c2)cc1.c1ccc(-c2nc(-c3ccc4ccc5ccc6nc(-c7ccccc7)sc6c5c4c3)nc(-c3ccccc3-c3ccccc3)n2)cc1. The van der Waals surface area contributed by atoms with Crippen molar-refractivity contribution < 1.29 is 8.83 Å². The number of benzene rings is 21. The van der Waals surface area contributed by atoms with Crippen LogP contribution in [0, 0.1) is 0 Å². The molecule has 27 aromatic rings. The molecule has 6 heterocycles. The van der Waals surface area contributed by atoms with Gasteiger partial charge in [-0.05, 0) is 166 Å². The zero-order valence-corrected chi connectivity index (χ0v) is 78.8. The molecule has 0 radical (unpaired) electrons. The first-order valence-electron chi connectivity index (χ1n) is 48.0. The third kappa shape index (κ3) is 15.9. The fraction of sp³-hybridized carbons (Fsp3) is 0.0233. The van der Waals surface area contributed by atoms with Crippen LogP contribution in [0.25, 0.3) is 266 Å². The van der Waals surface area contributed by atoms with Crippen molar-refractivity contribution in [3.8, 4) is 169 Å². The summed E-state index contributed by atoms with van der Waals surface area (Å²) in [4.78, 5) is 60.5. The van der Waals surface area contributed by atoms with E-state index in [1.54, 1.807) is 11.3 Å². The van der Waals surface area contributed by atoms with Gasteiger partial charge in [0.1, 0.15) is 16.0 Å². The van der Waals surface area contributed by atoms with Crippen LogP contribution < -0.4 is 0 Å². The molecule has 14 nitrogen and oxygen atoms in total. The Balaban J connectivity index is 0.000000110. The average molecular weight is 1860 g/mol. The number of aromatic nitrogens is 12. The molecule has 1 aliphatic rings. The normalized spacial score (nSPS) is 12.0. The van der Waals surface area contributed by atoms with Crippen molar-refractivity contribution in [2.45, 2.75) is 19.3 Å². The summed E-state index contributed by atoms with van der Waals surface area (Å²) in [6.45, 7) is 4.59. The zero-order chi connectivity index (χ0) is 95.7. The Morgan fingerprint density at radius 2 is 0.549 bits per heavy atom. The van der Waals surface area contributed by atoms with Gasteiger partial charge >= 0.3 is 0 Å². The van der Waals surface area contributed by atoms with Crippen LogP contribution in [-0.2, 0) is 5.41 Å². The number of hydrogen-bond donors (Lipinski definition) is 0. The van der Waals surface area contributed by atoms with Gasteiger partial charge < -0.3 is 8.83 Å². The van der Waals surface area contributed by atoms with Crippen molar-refractivity contribution in [3.63, 3.8) is 0 Å². The van der Waals surface area contributed by atoms with E-state index in [1.807, 2.05) is 188 Å². The lowest BCUT2D eigenvalue weighted by Crippen LogP contribution is -2.15. The van der Waals surface area contributed by atoms with E-state index in [-0.39, 0.29) is 5.41 Å². The lowest BCUT2D eigenvalue weighted by molar-refractivity contribution is 0.620. The molecule has 0 saturated carbocycles. The smallest absolute Gasteiger partial charge is 0.227 e. The number of hydrogen-bond acceptors (Lipinski definition) is 15. The monoisotopic (exact) mass is 1860 g/mol. The predicted molar refractivity (Wildman–Crippen MR) is 586 cm³/mol. The van der Waals surface area contributed by atoms with Gasteiger partial charge in [0.15, 0.2) is 63.6 Å². The maximum Gasteiger partial charge on any atom is 0.227 e. The molecule has 0 bridgehead atoms. The van der Waals surface area contributed by atoms with E-state index in [0.717, 1.165) is 176 Å². The van der Waals surface area contributed by atoms with Crippen molar-refractivity contribution in [3.05, 3.63) is 472 Å². The van der Waals surface area contributed by atoms with Gasteiger partial charge in [-0.3, -0.25) is 0 Å². The van der Waals surface area contributed by atoms with Crippen LogP contribution in [0.1, 0.15) is 25.0 Å². The summed E-state index contributed by atoms with van der Waals surface area (Å²) in [5, 5.41) is 14.3. The Bertz CT molecular complexity index is 9670. The van der Waals surface area contributed by atoms with Crippen molar-refractivity contribution >= 4 is 108 Å². The van der Waals surface area contributed by atoms with Crippen LogP contribution in [0.5, 0.6) is 0 Å². The maximum atomic E-state index is 6.50. The molecule has 21 aromatic carbocycles. The van der Waals surface area contributed by atoms with E-state index >= 15 is 0 Å². The summed E-state index contributed by atoms with van der Waals surface area (Å²) in [7, 11) is 0. The largest absolute Gasteiger partial charge is 0.436 e. The number of thiazole rings is 1. The lowest BCUT2D eigenvalue weighted by atomic mass is 9.82. The molecule has 0 atom stereocenters. The van der Waals surface area contributed by atoms with Gasteiger partial charge in [0, 0.05) is 88.3 Å². The molecule has 144 heavy (non-hydrogen) atoms. The first-order chi connectivity index (χ1) is 71.1. The van der Waals surface area contributed by atoms with Crippen molar-refractivity contribution in [2.75, 3.05) is 0 Å². The van der Waals surface area contributed by atoms with E-state index < -0.39 is 0 Å². The Labute approximate surface area is 832 Å². The van der Waals surface area contributed by atoms with E-state index in [1.165, 1.54) is 37.7 Å². The van der Waals surface area contributed by atoms with Crippen LogP contribution in [0.4, 0.5) is 0 Å². The van der Waals surface area contributed by atoms with Gasteiger partial charge in [-0.2, -0.15) is 0 Å². The molecular weight excluding hydrogens is 1780 g/mol. The summed E-state index contributed by atoms with van der Waals surface area (Å²) in [6, 6.07) is 158. The van der Waals surface area contributed by atoms with E-state index in [4.69, 9.17) is 68.6 Å². The Hall–Kier alpha value is -19.0. The molecule has 0 fully saturated rings. The van der Waals surface area contributed by atoms with E-state index in [0.29, 0.717) is 64.2 Å². The zero-order valence-electron chi connectivity index (χ0n) is 78.0. The Morgan fingerprint density at radius 3 is 1.08 bits per heavy atom. The third-order valence-corrected chi connectivity index (χ3v) is 28.4. The molecule has 0 aliphatic heterocycles. The standard InChI is InChI=1S/C45H30N4O.C42H26N4O.C42H26N4S/c1-45(2)36-16-10-9-15-33(36)34-23-21-32(26-37(34)45)43-48-41(29-11-5-3-6-12-29)47-42(49-43)31-20-18-27-17-19-28-22-24-38-40(39(28)35(27)25-31)50-44(46-38)30-13-7-4-8-14-30;1-4-11-27(12-5-1)32-17-10-18-33(25-32)40-44-39(30-13-6-2-7-14-30)45-41(46-40)34-22-20-28-19-21-29-23-24-36-38(37(29)35(28)26-34)43-42(47-36)31-15-8-3-9-16-31;1-4-12-27(13-5-1)33-18-10-11-19-34(33)41-45-39(30-14-6-2-7-15-30)44-40(46-41)32-23-21-28-20-22-29-24-25-36-38(37(29)35(28)26-32)47-42(43-36)31-16-8-3-9-17-31/h3-26H,1-2H3;2*1-26H. The molecule has 0 N–H and O–H groups in total. The van der Waals surface area contributed by atoms with Gasteiger partial charge in [-0.25, -0.2) is 59.8 Å². The molecule has 15 heteroatoms. The van der Waals surface area contributed by atoms with Crippen molar-refractivity contribution in [1.29, 1.82) is 0 Å². The minimum Gasteiger partial charge on any atom is -0.436 e. The van der Waals surface area contributed by atoms with Crippen LogP contribution in [-0.4, -0.2) is 59.8 Å². The summed E-state index contributed by atoms with van der Waals surface area (Å²) in [5.74, 6) is 6.88. The molecule has 1 aliphatic carbocycles. The molecule has 0 spiro atoms. The quantitative estimate of drug-likeness (QED) is 0.0938. The highest BCUT2D eigenvalue weighted by molar-refractivity contribution is 7.22. The van der Waals surface area contributed by atoms with Crippen LogP contribution >= 0.6 is 11.3 Å². The summed E-state index contributed by atoms with van der Waals surface area (Å²) in [6.07, 6.45) is 0. The molecule has 28 rings (SSSR count). The summed E-state index contributed by atoms with van der Waals surface area (Å²) < 4.78 is 13.9. The number of fused-ring (bicyclic) bond motifs is 18. The second-order valence-electron chi connectivity index (χ2n) is 36.5. The molecule has 0 amide bonds. The van der Waals surface area contributed by atoms with Gasteiger partial charge in [-0.15, -0.1) is 11.3 Å². The molecule has 6 aromatic heterocycles. The highest BCUT2D eigenvalue weighted by Crippen LogP contribution is 2.51. The Morgan fingerprint density at radius 1 is 0.201 bits per heavy atom. The van der Waals surface area contributed by atoms with Gasteiger partial charge in [-0.1, -0.05) is 402 Å². The van der Waals surface area contributed by atoms with Gasteiger partial charge in [0.05, 0.1) is 10.2 Å².